The third-order valence-corrected chi connectivity index (χ3v) is 5.02. The fourth-order valence-electron chi connectivity index (χ4n) is 3.45. The number of ether oxygens (including phenoxy) is 1. The molecule has 0 spiro atoms. The third-order valence-electron chi connectivity index (χ3n) is 5.02. The Kier molecular flexibility index (Phi) is 6.03. The van der Waals surface area contributed by atoms with Crippen molar-refractivity contribution >= 4 is 5.91 Å². The maximum atomic E-state index is 13.6. The molecule has 1 aliphatic rings. The Labute approximate surface area is 176 Å². The van der Waals surface area contributed by atoms with E-state index in [4.69, 9.17) is 4.74 Å². The maximum absolute atomic E-state index is 13.6. The molecule has 1 aromatic heterocycles. The summed E-state index contributed by atoms with van der Waals surface area (Å²) < 4.78 is 21.0. The molecule has 8 nitrogen and oxygen atoms in total. The lowest BCUT2D eigenvalue weighted by Gasteiger charge is -2.13. The number of benzene rings is 2. The van der Waals surface area contributed by atoms with Crippen LogP contribution in [0.4, 0.5) is 4.39 Å². The molecule has 9 heteroatoms. The molecular formula is C22H21FN4O4. The van der Waals surface area contributed by atoms with E-state index < -0.39 is 28.7 Å². The number of nitrogens with one attached hydrogen (secondary N) is 1. The SMILES string of the molecule is O=C(NC[C@H]1CCCO1)c1nn(-c2ccccc2)c(=O)n(Cc2cccc(F)c2)c1=O. The standard InChI is InChI=1S/C22H21FN4O4/c23-16-7-4-6-15(12-16)14-26-21(29)19(20(28)24-13-18-10-5-11-31-18)25-27(22(26)30)17-8-2-1-3-9-17/h1-4,6-9,12,18H,5,10-11,13-14H2,(H,24,28)/t18-/m1/s1. The van der Waals surface area contributed by atoms with Crippen LogP contribution in [0.15, 0.2) is 64.2 Å². The van der Waals surface area contributed by atoms with Gasteiger partial charge in [0.05, 0.1) is 18.3 Å². The summed E-state index contributed by atoms with van der Waals surface area (Å²) in [7, 11) is 0. The normalized spacial score (nSPS) is 15.7. The number of rotatable bonds is 6. The van der Waals surface area contributed by atoms with Gasteiger partial charge in [-0.15, -0.1) is 0 Å². The van der Waals surface area contributed by atoms with Crippen LogP contribution in [0.1, 0.15) is 28.9 Å². The zero-order valence-electron chi connectivity index (χ0n) is 16.7. The molecular weight excluding hydrogens is 403 g/mol. The molecule has 1 aliphatic heterocycles. The lowest BCUT2D eigenvalue weighted by Crippen LogP contribution is -2.46. The van der Waals surface area contributed by atoms with Gasteiger partial charge in [-0.2, -0.15) is 9.78 Å². The lowest BCUT2D eigenvalue weighted by molar-refractivity contribution is 0.0849. The molecule has 0 aliphatic carbocycles. The Hall–Kier alpha value is -3.59. The van der Waals surface area contributed by atoms with Crippen LogP contribution in [0.5, 0.6) is 0 Å². The molecule has 2 heterocycles. The highest BCUT2D eigenvalue weighted by Crippen LogP contribution is 2.11. The summed E-state index contributed by atoms with van der Waals surface area (Å²) in [6, 6.07) is 14.1. The van der Waals surface area contributed by atoms with Crippen LogP contribution in [0.2, 0.25) is 0 Å². The maximum Gasteiger partial charge on any atom is 0.352 e. The van der Waals surface area contributed by atoms with Crippen LogP contribution in [0.25, 0.3) is 5.69 Å². The predicted molar refractivity (Wildman–Crippen MR) is 111 cm³/mol. The molecule has 1 N–H and O–H groups in total. The van der Waals surface area contributed by atoms with Crippen molar-refractivity contribution in [3.8, 4) is 5.69 Å². The van der Waals surface area contributed by atoms with Gasteiger partial charge in [0, 0.05) is 13.2 Å². The topological polar surface area (TPSA) is 95.2 Å². The quantitative estimate of drug-likeness (QED) is 0.647. The van der Waals surface area contributed by atoms with Crippen molar-refractivity contribution in [1.82, 2.24) is 19.7 Å². The van der Waals surface area contributed by atoms with Gasteiger partial charge < -0.3 is 10.1 Å². The number of aromatic nitrogens is 3. The Bertz CT molecular complexity index is 1200. The Morgan fingerprint density at radius 2 is 1.97 bits per heavy atom. The summed E-state index contributed by atoms with van der Waals surface area (Å²) in [6.45, 7) is 0.684. The molecule has 160 valence electrons. The van der Waals surface area contributed by atoms with Crippen molar-refractivity contribution in [3.05, 3.63) is 92.5 Å². The minimum Gasteiger partial charge on any atom is -0.376 e. The van der Waals surface area contributed by atoms with Gasteiger partial charge in [0.25, 0.3) is 11.5 Å². The smallest absolute Gasteiger partial charge is 0.352 e. The van der Waals surface area contributed by atoms with Gasteiger partial charge in [-0.3, -0.25) is 14.2 Å². The van der Waals surface area contributed by atoms with Crippen LogP contribution in [0.3, 0.4) is 0 Å². The summed E-state index contributed by atoms with van der Waals surface area (Å²) in [6.07, 6.45) is 1.62. The highest BCUT2D eigenvalue weighted by Gasteiger charge is 2.22. The second kappa shape index (κ2) is 9.05. The molecule has 31 heavy (non-hydrogen) atoms. The average Bonchev–Trinajstić information content (AvgIpc) is 3.29. The highest BCUT2D eigenvalue weighted by atomic mass is 19.1. The fourth-order valence-corrected chi connectivity index (χ4v) is 3.45. The van der Waals surface area contributed by atoms with E-state index in [0.717, 1.165) is 22.1 Å². The first-order valence-electron chi connectivity index (χ1n) is 9.97. The number of amides is 1. The first kappa shape index (κ1) is 20.7. The number of hydrogen-bond acceptors (Lipinski definition) is 5. The fraction of sp³-hybridized carbons (Fsp3) is 0.273. The van der Waals surface area contributed by atoms with Crippen LogP contribution in [0, 0.1) is 5.82 Å². The molecule has 3 aromatic rings. The number of nitrogens with zero attached hydrogens (tertiary/aromatic N) is 3. The summed E-state index contributed by atoms with van der Waals surface area (Å²) >= 11 is 0. The minimum atomic E-state index is -0.841. The molecule has 1 atom stereocenters. The highest BCUT2D eigenvalue weighted by molar-refractivity contribution is 5.91. The second-order valence-corrected chi connectivity index (χ2v) is 7.24. The molecule has 1 fully saturated rings. The van der Waals surface area contributed by atoms with E-state index in [-0.39, 0.29) is 19.2 Å². The van der Waals surface area contributed by atoms with E-state index in [1.165, 1.54) is 18.2 Å². The van der Waals surface area contributed by atoms with E-state index in [1.807, 2.05) is 0 Å². The number of para-hydroxylation sites is 1. The Balaban J connectivity index is 1.75. The summed E-state index contributed by atoms with van der Waals surface area (Å²) in [5, 5.41) is 6.72. The summed E-state index contributed by atoms with van der Waals surface area (Å²) in [5.41, 5.74) is -1.18. The first-order valence-corrected chi connectivity index (χ1v) is 9.97. The second-order valence-electron chi connectivity index (χ2n) is 7.24. The average molecular weight is 424 g/mol. The van der Waals surface area contributed by atoms with Crippen LogP contribution in [-0.2, 0) is 11.3 Å². The van der Waals surface area contributed by atoms with E-state index in [2.05, 4.69) is 10.4 Å². The summed E-state index contributed by atoms with van der Waals surface area (Å²) in [5.74, 6) is -1.18. The van der Waals surface area contributed by atoms with Gasteiger partial charge in [0.1, 0.15) is 5.82 Å². The van der Waals surface area contributed by atoms with Gasteiger partial charge in [-0.05, 0) is 42.7 Å². The number of carbonyl (C=O) groups is 1. The zero-order chi connectivity index (χ0) is 21.8. The number of hydrogen-bond donors (Lipinski definition) is 1. The molecule has 1 amide bonds. The third kappa shape index (κ3) is 4.61. The van der Waals surface area contributed by atoms with Gasteiger partial charge in [-0.25, -0.2) is 9.18 Å². The van der Waals surface area contributed by atoms with Gasteiger partial charge >= 0.3 is 5.69 Å². The molecule has 0 saturated carbocycles. The van der Waals surface area contributed by atoms with E-state index in [1.54, 1.807) is 36.4 Å². The monoisotopic (exact) mass is 424 g/mol. The molecule has 2 aromatic carbocycles. The van der Waals surface area contributed by atoms with Crippen LogP contribution < -0.4 is 16.6 Å². The minimum absolute atomic E-state index is 0.113. The van der Waals surface area contributed by atoms with E-state index >= 15 is 0 Å². The number of halogens is 1. The van der Waals surface area contributed by atoms with Crippen molar-refractivity contribution in [1.29, 1.82) is 0 Å². The molecule has 0 bridgehead atoms. The van der Waals surface area contributed by atoms with E-state index in [9.17, 15) is 18.8 Å². The first-order chi connectivity index (χ1) is 15.0. The Morgan fingerprint density at radius 1 is 1.16 bits per heavy atom. The van der Waals surface area contributed by atoms with Crippen LogP contribution >= 0.6 is 0 Å². The van der Waals surface area contributed by atoms with Gasteiger partial charge in [0.2, 0.25) is 5.69 Å². The Morgan fingerprint density at radius 3 is 2.68 bits per heavy atom. The molecule has 1 saturated heterocycles. The molecule has 0 radical (unpaired) electrons. The van der Waals surface area contributed by atoms with Crippen molar-refractivity contribution in [2.45, 2.75) is 25.5 Å². The largest absolute Gasteiger partial charge is 0.376 e. The summed E-state index contributed by atoms with van der Waals surface area (Å²) in [4.78, 5) is 38.8. The van der Waals surface area contributed by atoms with Gasteiger partial charge in [-0.1, -0.05) is 30.3 Å². The van der Waals surface area contributed by atoms with Crippen molar-refractivity contribution < 1.29 is 13.9 Å². The van der Waals surface area contributed by atoms with E-state index in [0.29, 0.717) is 17.9 Å². The van der Waals surface area contributed by atoms with Crippen molar-refractivity contribution in [2.24, 2.45) is 0 Å². The molecule has 4 rings (SSSR count). The zero-order valence-corrected chi connectivity index (χ0v) is 16.7. The predicted octanol–water partition coefficient (Wildman–Crippen LogP) is 1.49. The molecule has 0 unspecified atom stereocenters. The van der Waals surface area contributed by atoms with Crippen LogP contribution in [-0.4, -0.2) is 39.5 Å². The lowest BCUT2D eigenvalue weighted by atomic mass is 10.2. The number of carbonyl (C=O) groups excluding carboxylic acids is 1. The van der Waals surface area contributed by atoms with Crippen molar-refractivity contribution in [2.75, 3.05) is 13.2 Å². The van der Waals surface area contributed by atoms with Gasteiger partial charge in [0.15, 0.2) is 0 Å². The van der Waals surface area contributed by atoms with Crippen molar-refractivity contribution in [3.63, 3.8) is 0 Å².